The van der Waals surface area contributed by atoms with Crippen LogP contribution in [0.2, 0.25) is 0 Å². The van der Waals surface area contributed by atoms with Crippen LogP contribution in [0.3, 0.4) is 0 Å². The summed E-state index contributed by atoms with van der Waals surface area (Å²) in [6.45, 7) is 7.10. The zero-order valence-corrected chi connectivity index (χ0v) is 12.1. The number of hydrogen-bond acceptors (Lipinski definition) is 3. The molecule has 18 heavy (non-hydrogen) atoms. The van der Waals surface area contributed by atoms with E-state index in [4.69, 9.17) is 0 Å². The Balaban J connectivity index is 1.88. The van der Waals surface area contributed by atoms with Crippen LogP contribution in [0.25, 0.3) is 0 Å². The van der Waals surface area contributed by atoms with E-state index in [-0.39, 0.29) is 5.54 Å². The monoisotopic (exact) mass is 249 g/mol. The van der Waals surface area contributed by atoms with E-state index in [1.807, 2.05) is 7.05 Å². The number of hydrogen-bond donors (Lipinski definition) is 1. The Hall–Kier alpha value is -0.590. The Kier molecular flexibility index (Phi) is 4.29. The Morgan fingerprint density at radius 3 is 2.78 bits per heavy atom. The zero-order valence-electron chi connectivity index (χ0n) is 12.1. The minimum Gasteiger partial charge on any atom is -0.302 e. The Morgan fingerprint density at radius 2 is 2.22 bits per heavy atom. The molecule has 3 heteroatoms. The summed E-state index contributed by atoms with van der Waals surface area (Å²) in [4.78, 5) is 2.61. The predicted octanol–water partition coefficient (Wildman–Crippen LogP) is 2.39. The maximum Gasteiger partial charge on any atom is 0.109 e. The quantitative estimate of drug-likeness (QED) is 0.831. The second-order valence-corrected chi connectivity index (χ2v) is 6.40. The van der Waals surface area contributed by atoms with E-state index in [0.29, 0.717) is 5.92 Å². The Labute approximate surface area is 112 Å². The molecule has 0 aromatic rings. The predicted molar refractivity (Wildman–Crippen MR) is 74.2 cm³/mol. The van der Waals surface area contributed by atoms with Gasteiger partial charge in [0.05, 0.1) is 6.07 Å². The van der Waals surface area contributed by atoms with Crippen molar-refractivity contribution in [3.05, 3.63) is 0 Å². The van der Waals surface area contributed by atoms with Crippen LogP contribution in [0.5, 0.6) is 0 Å². The van der Waals surface area contributed by atoms with E-state index in [0.717, 1.165) is 18.4 Å². The molecule has 102 valence electrons. The first-order valence-electron chi connectivity index (χ1n) is 7.45. The second kappa shape index (κ2) is 5.59. The van der Waals surface area contributed by atoms with Crippen LogP contribution in [0.4, 0.5) is 0 Å². The standard InChI is InChI=1S/C15H27N3/c1-12-9-13(2)18(10-12)8-6-14-5-4-7-15(14,11-16)17-3/h12-14,17H,4-10H2,1-3H3. The smallest absolute Gasteiger partial charge is 0.109 e. The highest BCUT2D eigenvalue weighted by atomic mass is 15.2. The molecule has 1 aliphatic carbocycles. The number of rotatable bonds is 4. The highest BCUT2D eigenvalue weighted by Crippen LogP contribution is 2.38. The lowest BCUT2D eigenvalue weighted by molar-refractivity contribution is 0.220. The molecule has 2 aliphatic rings. The molecule has 1 saturated heterocycles. The van der Waals surface area contributed by atoms with Gasteiger partial charge in [0.2, 0.25) is 0 Å². The van der Waals surface area contributed by atoms with Gasteiger partial charge in [-0.05, 0) is 58.0 Å². The molecule has 4 atom stereocenters. The fourth-order valence-electron chi connectivity index (χ4n) is 4.02. The minimum absolute atomic E-state index is 0.241. The largest absolute Gasteiger partial charge is 0.302 e. The lowest BCUT2D eigenvalue weighted by Crippen LogP contribution is -2.46. The Morgan fingerprint density at radius 1 is 1.44 bits per heavy atom. The van der Waals surface area contributed by atoms with E-state index >= 15 is 0 Å². The van der Waals surface area contributed by atoms with Crippen LogP contribution < -0.4 is 5.32 Å². The summed E-state index contributed by atoms with van der Waals surface area (Å²) in [6, 6.07) is 3.27. The molecule has 0 radical (unpaired) electrons. The Bertz CT molecular complexity index is 322. The molecule has 2 fully saturated rings. The lowest BCUT2D eigenvalue weighted by atomic mass is 9.86. The second-order valence-electron chi connectivity index (χ2n) is 6.40. The van der Waals surface area contributed by atoms with Crippen molar-refractivity contribution in [3.8, 4) is 6.07 Å². The summed E-state index contributed by atoms with van der Waals surface area (Å²) in [6.07, 6.45) is 5.94. The number of nitriles is 1. The summed E-state index contributed by atoms with van der Waals surface area (Å²) in [7, 11) is 1.95. The third-order valence-electron chi connectivity index (χ3n) is 5.14. The number of likely N-dealkylation sites (tertiary alicyclic amines) is 1. The highest BCUT2D eigenvalue weighted by molar-refractivity contribution is 5.13. The SMILES string of the molecule is CNC1(C#N)CCCC1CCN1CC(C)CC1C. The van der Waals surface area contributed by atoms with Crippen molar-refractivity contribution in [1.82, 2.24) is 10.2 Å². The van der Waals surface area contributed by atoms with Crippen molar-refractivity contribution in [2.75, 3.05) is 20.1 Å². The van der Waals surface area contributed by atoms with Gasteiger partial charge >= 0.3 is 0 Å². The van der Waals surface area contributed by atoms with Gasteiger partial charge in [-0.1, -0.05) is 13.3 Å². The third-order valence-corrected chi connectivity index (χ3v) is 5.14. The molecular weight excluding hydrogens is 222 g/mol. The molecule has 0 amide bonds. The van der Waals surface area contributed by atoms with E-state index in [9.17, 15) is 5.26 Å². The normalized spacial score (nSPS) is 41.1. The lowest BCUT2D eigenvalue weighted by Gasteiger charge is -2.30. The van der Waals surface area contributed by atoms with Gasteiger partial charge < -0.3 is 10.2 Å². The summed E-state index contributed by atoms with van der Waals surface area (Å²) in [5.74, 6) is 1.38. The summed E-state index contributed by atoms with van der Waals surface area (Å²) < 4.78 is 0. The topological polar surface area (TPSA) is 39.1 Å². The van der Waals surface area contributed by atoms with Gasteiger partial charge in [0, 0.05) is 12.6 Å². The first-order valence-corrected chi connectivity index (χ1v) is 7.45. The maximum atomic E-state index is 9.45. The van der Waals surface area contributed by atoms with Gasteiger partial charge in [0.15, 0.2) is 0 Å². The van der Waals surface area contributed by atoms with Gasteiger partial charge in [-0.2, -0.15) is 5.26 Å². The number of nitrogens with zero attached hydrogens (tertiary/aromatic N) is 2. The molecule has 1 heterocycles. The van der Waals surface area contributed by atoms with Crippen molar-refractivity contribution >= 4 is 0 Å². The molecule has 0 aromatic heterocycles. The minimum atomic E-state index is -0.241. The molecule has 1 saturated carbocycles. The fraction of sp³-hybridized carbons (Fsp3) is 0.933. The van der Waals surface area contributed by atoms with Gasteiger partial charge in [-0.25, -0.2) is 0 Å². The van der Waals surface area contributed by atoms with Crippen LogP contribution in [0, 0.1) is 23.2 Å². The molecule has 2 rings (SSSR count). The molecule has 3 nitrogen and oxygen atoms in total. The summed E-state index contributed by atoms with van der Waals surface area (Å²) in [5, 5.41) is 12.7. The van der Waals surface area contributed by atoms with Crippen LogP contribution in [0.1, 0.15) is 46.0 Å². The van der Waals surface area contributed by atoms with E-state index in [1.165, 1.54) is 38.8 Å². The van der Waals surface area contributed by atoms with Crippen LogP contribution >= 0.6 is 0 Å². The average Bonchev–Trinajstić information content (AvgIpc) is 2.90. The molecule has 0 aromatic carbocycles. The average molecular weight is 249 g/mol. The molecule has 1 aliphatic heterocycles. The molecule has 0 bridgehead atoms. The summed E-state index contributed by atoms with van der Waals surface area (Å²) >= 11 is 0. The van der Waals surface area contributed by atoms with Crippen LogP contribution in [-0.2, 0) is 0 Å². The van der Waals surface area contributed by atoms with Gasteiger partial charge in [0.25, 0.3) is 0 Å². The van der Waals surface area contributed by atoms with Crippen molar-refractivity contribution < 1.29 is 0 Å². The molecule has 4 unspecified atom stereocenters. The van der Waals surface area contributed by atoms with Crippen molar-refractivity contribution in [1.29, 1.82) is 5.26 Å². The first-order chi connectivity index (χ1) is 8.61. The highest BCUT2D eigenvalue weighted by Gasteiger charge is 2.42. The fourth-order valence-corrected chi connectivity index (χ4v) is 4.02. The summed E-state index contributed by atoms with van der Waals surface area (Å²) in [5.41, 5.74) is -0.241. The number of nitrogens with one attached hydrogen (secondary N) is 1. The van der Waals surface area contributed by atoms with Gasteiger partial charge in [-0.3, -0.25) is 0 Å². The molecule has 0 spiro atoms. The molecular formula is C15H27N3. The van der Waals surface area contributed by atoms with E-state index in [1.54, 1.807) is 0 Å². The first kappa shape index (κ1) is 13.8. The molecule has 1 N–H and O–H groups in total. The van der Waals surface area contributed by atoms with E-state index < -0.39 is 0 Å². The van der Waals surface area contributed by atoms with Crippen molar-refractivity contribution in [2.24, 2.45) is 11.8 Å². The van der Waals surface area contributed by atoms with Crippen molar-refractivity contribution in [3.63, 3.8) is 0 Å². The van der Waals surface area contributed by atoms with Crippen LogP contribution in [0.15, 0.2) is 0 Å². The van der Waals surface area contributed by atoms with Crippen molar-refractivity contribution in [2.45, 2.75) is 57.5 Å². The third kappa shape index (κ3) is 2.55. The van der Waals surface area contributed by atoms with E-state index in [2.05, 4.69) is 30.1 Å². The van der Waals surface area contributed by atoms with Gasteiger partial charge in [0.1, 0.15) is 5.54 Å². The van der Waals surface area contributed by atoms with Gasteiger partial charge in [-0.15, -0.1) is 0 Å². The van der Waals surface area contributed by atoms with Crippen LogP contribution in [-0.4, -0.2) is 36.6 Å². The zero-order chi connectivity index (χ0) is 13.2. The maximum absolute atomic E-state index is 9.45.